The lowest BCUT2D eigenvalue weighted by atomic mass is 10.1. The Hall–Kier alpha value is -5.06. The van der Waals surface area contributed by atoms with Crippen molar-refractivity contribution in [3.8, 4) is 34.5 Å². The molecule has 0 aliphatic carbocycles. The standard InChI is InChI=1S/C39H40O10/c1-27(47-33-18-20-35(21-19-33)49-39(41)29-8-12-32(13-9-29)44-24-37-26-46-37)5-3-2-4-22-42-30-14-16-34(17-15-30)48-38(40)28-6-10-31(11-7-28)43-23-36-25-45-36/h6-21,27,36-37H,2-5,22-26H2,1H3. The van der Waals surface area contributed by atoms with Gasteiger partial charge in [0.2, 0.25) is 0 Å². The van der Waals surface area contributed by atoms with Crippen LogP contribution in [0.4, 0.5) is 0 Å². The number of benzene rings is 4. The number of esters is 2. The monoisotopic (exact) mass is 668 g/mol. The molecule has 2 saturated heterocycles. The molecular formula is C39H40O10. The topological polar surface area (TPSA) is 115 Å². The van der Waals surface area contributed by atoms with Gasteiger partial charge in [-0.2, -0.15) is 0 Å². The van der Waals surface area contributed by atoms with Crippen LogP contribution in [-0.4, -0.2) is 63.3 Å². The quantitative estimate of drug-likeness (QED) is 0.0444. The molecule has 49 heavy (non-hydrogen) atoms. The highest BCUT2D eigenvalue weighted by Gasteiger charge is 2.24. The number of hydrogen-bond acceptors (Lipinski definition) is 10. The molecule has 2 heterocycles. The molecule has 0 saturated carbocycles. The fourth-order valence-electron chi connectivity index (χ4n) is 4.80. The summed E-state index contributed by atoms with van der Waals surface area (Å²) < 4.78 is 44.4. The summed E-state index contributed by atoms with van der Waals surface area (Å²) in [4.78, 5) is 25.0. The zero-order valence-corrected chi connectivity index (χ0v) is 27.4. The van der Waals surface area contributed by atoms with Gasteiger partial charge in [0.25, 0.3) is 0 Å². The van der Waals surface area contributed by atoms with Gasteiger partial charge < -0.3 is 37.9 Å². The predicted octanol–water partition coefficient (Wildman–Crippen LogP) is 7.09. The van der Waals surface area contributed by atoms with Crippen molar-refractivity contribution in [3.63, 3.8) is 0 Å². The molecule has 10 nitrogen and oxygen atoms in total. The van der Waals surface area contributed by atoms with E-state index in [2.05, 4.69) is 0 Å². The first kappa shape index (κ1) is 33.8. The van der Waals surface area contributed by atoms with Crippen molar-refractivity contribution in [3.05, 3.63) is 108 Å². The van der Waals surface area contributed by atoms with Crippen LogP contribution in [0.25, 0.3) is 0 Å². The SMILES string of the molecule is CC(CCCCCOc1ccc(OC(=O)c2ccc(OCC3CO3)cc2)cc1)Oc1ccc(OC(=O)c2ccc(OCC3CO3)cc2)cc1. The van der Waals surface area contributed by atoms with Crippen molar-refractivity contribution in [2.45, 2.75) is 50.9 Å². The van der Waals surface area contributed by atoms with Crippen LogP contribution < -0.4 is 28.4 Å². The molecule has 3 atom stereocenters. The fourth-order valence-corrected chi connectivity index (χ4v) is 4.80. The van der Waals surface area contributed by atoms with Gasteiger partial charge in [-0.1, -0.05) is 0 Å². The third kappa shape index (κ3) is 11.3. The smallest absolute Gasteiger partial charge is 0.343 e. The van der Waals surface area contributed by atoms with Gasteiger partial charge >= 0.3 is 11.9 Å². The van der Waals surface area contributed by atoms with E-state index < -0.39 is 11.9 Å². The second-order valence-corrected chi connectivity index (χ2v) is 11.9. The highest BCUT2D eigenvalue weighted by Crippen LogP contribution is 2.23. The Morgan fingerprint density at radius 3 is 1.45 bits per heavy atom. The molecule has 0 radical (unpaired) electrons. The van der Waals surface area contributed by atoms with Crippen molar-refractivity contribution in [2.24, 2.45) is 0 Å². The molecule has 4 aromatic carbocycles. The first-order chi connectivity index (χ1) is 24.0. The first-order valence-electron chi connectivity index (χ1n) is 16.6. The Morgan fingerprint density at radius 2 is 0.980 bits per heavy atom. The fraction of sp³-hybridized carbons (Fsp3) is 0.333. The summed E-state index contributed by atoms with van der Waals surface area (Å²) in [5.41, 5.74) is 0.881. The number of hydrogen-bond donors (Lipinski definition) is 0. The minimum absolute atomic E-state index is 0.0329. The summed E-state index contributed by atoms with van der Waals surface area (Å²) in [7, 11) is 0. The summed E-state index contributed by atoms with van der Waals surface area (Å²) in [5, 5.41) is 0. The van der Waals surface area contributed by atoms with Crippen molar-refractivity contribution >= 4 is 11.9 Å². The maximum absolute atomic E-state index is 12.5. The molecule has 10 heteroatoms. The Labute approximate surface area is 285 Å². The molecule has 4 aromatic rings. The van der Waals surface area contributed by atoms with Crippen LogP contribution in [0.2, 0.25) is 0 Å². The Morgan fingerprint density at radius 1 is 0.571 bits per heavy atom. The van der Waals surface area contributed by atoms with Crippen LogP contribution in [0.15, 0.2) is 97.1 Å². The Bertz CT molecular complexity index is 1630. The molecule has 2 aliphatic heterocycles. The lowest BCUT2D eigenvalue weighted by Crippen LogP contribution is -2.12. The molecule has 0 spiro atoms. The van der Waals surface area contributed by atoms with Gasteiger partial charge in [-0.05, 0) is 130 Å². The summed E-state index contributed by atoms with van der Waals surface area (Å²) in [5.74, 6) is 2.82. The molecule has 2 aliphatic rings. The van der Waals surface area contributed by atoms with Crippen molar-refractivity contribution in [1.82, 2.24) is 0 Å². The van der Waals surface area contributed by atoms with Gasteiger partial charge in [0, 0.05) is 0 Å². The molecule has 0 N–H and O–H groups in total. The Balaban J connectivity index is 0.820. The number of ether oxygens (including phenoxy) is 8. The summed E-state index contributed by atoms with van der Waals surface area (Å²) in [6.45, 7) is 5.12. The van der Waals surface area contributed by atoms with Crippen molar-refractivity contribution < 1.29 is 47.5 Å². The van der Waals surface area contributed by atoms with Gasteiger partial charge in [-0.15, -0.1) is 0 Å². The summed E-state index contributed by atoms with van der Waals surface area (Å²) in [6.07, 6.45) is 4.18. The maximum Gasteiger partial charge on any atom is 0.343 e. The Kier molecular flexibility index (Phi) is 11.6. The van der Waals surface area contributed by atoms with Gasteiger partial charge in [0.15, 0.2) is 0 Å². The van der Waals surface area contributed by atoms with E-state index in [0.717, 1.165) is 38.9 Å². The second-order valence-electron chi connectivity index (χ2n) is 11.9. The van der Waals surface area contributed by atoms with Crippen molar-refractivity contribution in [2.75, 3.05) is 33.0 Å². The second kappa shape index (κ2) is 16.9. The van der Waals surface area contributed by atoms with E-state index in [4.69, 9.17) is 37.9 Å². The van der Waals surface area contributed by atoms with E-state index in [1.165, 1.54) is 0 Å². The zero-order chi connectivity index (χ0) is 33.8. The highest BCUT2D eigenvalue weighted by atomic mass is 16.6. The highest BCUT2D eigenvalue weighted by molar-refractivity contribution is 5.91. The van der Waals surface area contributed by atoms with Crippen LogP contribution in [-0.2, 0) is 9.47 Å². The minimum Gasteiger partial charge on any atom is -0.494 e. The van der Waals surface area contributed by atoms with Crippen molar-refractivity contribution in [1.29, 1.82) is 0 Å². The largest absolute Gasteiger partial charge is 0.494 e. The van der Waals surface area contributed by atoms with Gasteiger partial charge in [-0.25, -0.2) is 9.59 Å². The molecule has 2 fully saturated rings. The average molecular weight is 669 g/mol. The minimum atomic E-state index is -0.439. The third-order valence-corrected chi connectivity index (χ3v) is 7.79. The normalized spacial score (nSPS) is 16.6. The zero-order valence-electron chi connectivity index (χ0n) is 27.4. The summed E-state index contributed by atoms with van der Waals surface area (Å²) in [6, 6.07) is 27.8. The predicted molar refractivity (Wildman–Crippen MR) is 180 cm³/mol. The first-order valence-corrected chi connectivity index (χ1v) is 16.6. The lowest BCUT2D eigenvalue weighted by Gasteiger charge is -2.15. The van der Waals surface area contributed by atoms with E-state index in [1.807, 2.05) is 6.92 Å². The van der Waals surface area contributed by atoms with Gasteiger partial charge in [-0.3, -0.25) is 0 Å². The average Bonchev–Trinajstić information content (AvgIpc) is 4.06. The molecule has 0 amide bonds. The van der Waals surface area contributed by atoms with Crippen LogP contribution >= 0.6 is 0 Å². The molecule has 0 aromatic heterocycles. The van der Waals surface area contributed by atoms with Gasteiger partial charge in [0.1, 0.15) is 59.9 Å². The van der Waals surface area contributed by atoms with E-state index >= 15 is 0 Å². The van der Waals surface area contributed by atoms with Crippen LogP contribution in [0, 0.1) is 0 Å². The van der Waals surface area contributed by atoms with E-state index in [0.29, 0.717) is 65.4 Å². The lowest BCUT2D eigenvalue weighted by molar-refractivity contribution is 0.0725. The van der Waals surface area contributed by atoms with Crippen LogP contribution in [0.5, 0.6) is 34.5 Å². The number of carbonyl (C=O) groups excluding carboxylic acids is 2. The molecule has 3 unspecified atom stereocenters. The van der Waals surface area contributed by atoms with E-state index in [1.54, 1.807) is 97.1 Å². The van der Waals surface area contributed by atoms with Gasteiger partial charge in [0.05, 0.1) is 37.1 Å². The maximum atomic E-state index is 12.5. The molecule has 256 valence electrons. The number of unbranched alkanes of at least 4 members (excludes halogenated alkanes) is 2. The number of carbonyl (C=O) groups is 2. The third-order valence-electron chi connectivity index (χ3n) is 7.79. The van der Waals surface area contributed by atoms with Crippen LogP contribution in [0.3, 0.4) is 0 Å². The van der Waals surface area contributed by atoms with Crippen LogP contribution in [0.1, 0.15) is 53.3 Å². The molecule has 6 rings (SSSR count). The molecular weight excluding hydrogens is 628 g/mol. The number of rotatable bonds is 19. The number of epoxide rings is 2. The summed E-state index contributed by atoms with van der Waals surface area (Å²) >= 11 is 0. The van der Waals surface area contributed by atoms with E-state index in [-0.39, 0.29) is 18.3 Å². The van der Waals surface area contributed by atoms with E-state index in [9.17, 15) is 9.59 Å². The molecule has 0 bridgehead atoms.